The van der Waals surface area contributed by atoms with Crippen LogP contribution in [0.3, 0.4) is 0 Å². The third kappa shape index (κ3) is 2.83. The topological polar surface area (TPSA) is 60.7 Å². The van der Waals surface area contributed by atoms with Crippen molar-refractivity contribution in [2.24, 2.45) is 29.1 Å². The number of aryl methyl sites for hydroxylation is 1. The van der Waals surface area contributed by atoms with Gasteiger partial charge in [0.25, 0.3) is 0 Å². The molecule has 5 rings (SSSR count). The predicted molar refractivity (Wildman–Crippen MR) is 115 cm³/mol. The first-order valence-corrected chi connectivity index (χ1v) is 11.9. The zero-order valence-electron chi connectivity index (χ0n) is 18.3. The molecule has 0 saturated heterocycles. The van der Waals surface area contributed by atoms with Gasteiger partial charge in [-0.1, -0.05) is 19.4 Å². The summed E-state index contributed by atoms with van der Waals surface area (Å²) in [5, 5.41) is 32.0. The average Bonchev–Trinajstić information content (AvgIpc) is 2.82. The van der Waals surface area contributed by atoms with Crippen LogP contribution in [0.15, 0.2) is 18.2 Å². The zero-order valence-corrected chi connectivity index (χ0v) is 18.3. The quantitative estimate of drug-likeness (QED) is 0.656. The highest BCUT2D eigenvalue weighted by atomic mass is 16.3. The van der Waals surface area contributed by atoms with E-state index in [1.54, 1.807) is 0 Å². The number of hydrogen-bond donors (Lipinski definition) is 3. The second-order valence-corrected chi connectivity index (χ2v) is 11.7. The molecule has 4 aliphatic rings. The smallest absolute Gasteiger partial charge is 0.115 e. The minimum Gasteiger partial charge on any atom is -0.508 e. The molecule has 0 aliphatic heterocycles. The fourth-order valence-corrected chi connectivity index (χ4v) is 8.33. The number of phenols is 1. The van der Waals surface area contributed by atoms with Crippen molar-refractivity contribution in [1.82, 2.24) is 0 Å². The molecule has 7 atom stereocenters. The summed E-state index contributed by atoms with van der Waals surface area (Å²) in [7, 11) is 0. The zero-order chi connectivity index (χ0) is 20.6. The summed E-state index contributed by atoms with van der Waals surface area (Å²) in [4.78, 5) is 0. The first-order chi connectivity index (χ1) is 13.6. The van der Waals surface area contributed by atoms with Gasteiger partial charge in [0.2, 0.25) is 0 Å². The first kappa shape index (κ1) is 19.9. The molecule has 0 unspecified atom stereocenters. The summed E-state index contributed by atoms with van der Waals surface area (Å²) >= 11 is 0. The van der Waals surface area contributed by atoms with E-state index in [2.05, 4.69) is 13.0 Å². The van der Waals surface area contributed by atoms with Gasteiger partial charge in [0.15, 0.2) is 0 Å². The van der Waals surface area contributed by atoms with Gasteiger partial charge in [0.1, 0.15) is 5.75 Å². The van der Waals surface area contributed by atoms with Crippen LogP contribution in [0, 0.1) is 29.1 Å². The maximum atomic E-state index is 12.0. The summed E-state index contributed by atoms with van der Waals surface area (Å²) in [6, 6.07) is 6.01. The minimum atomic E-state index is -0.601. The Labute approximate surface area is 175 Å². The minimum absolute atomic E-state index is 0.0465. The Morgan fingerprint density at radius 1 is 1.17 bits per heavy atom. The van der Waals surface area contributed by atoms with Crippen LogP contribution in [0.1, 0.15) is 89.2 Å². The van der Waals surface area contributed by atoms with Crippen LogP contribution in [0.4, 0.5) is 0 Å². The number of hydrogen-bond acceptors (Lipinski definition) is 3. The third-order valence-electron chi connectivity index (χ3n) is 9.71. The molecule has 3 fully saturated rings. The molecule has 0 bridgehead atoms. The van der Waals surface area contributed by atoms with Gasteiger partial charge >= 0.3 is 0 Å². The molecule has 1 aromatic rings. The van der Waals surface area contributed by atoms with Crippen LogP contribution in [0.2, 0.25) is 0 Å². The van der Waals surface area contributed by atoms with Gasteiger partial charge in [0, 0.05) is 0 Å². The van der Waals surface area contributed by atoms with Crippen LogP contribution in [-0.2, 0) is 6.42 Å². The Kier molecular flexibility index (Phi) is 4.43. The van der Waals surface area contributed by atoms with Gasteiger partial charge < -0.3 is 15.3 Å². The Hall–Kier alpha value is -1.06. The highest BCUT2D eigenvalue weighted by Gasteiger charge is 2.72. The Balaban J connectivity index is 1.36. The molecule has 29 heavy (non-hydrogen) atoms. The first-order valence-electron chi connectivity index (χ1n) is 11.9. The fourth-order valence-electron chi connectivity index (χ4n) is 8.33. The van der Waals surface area contributed by atoms with Gasteiger partial charge in [-0.15, -0.1) is 0 Å². The van der Waals surface area contributed by atoms with Gasteiger partial charge in [-0.05, 0) is 123 Å². The fraction of sp³-hybridized carbons (Fsp3) is 0.769. The van der Waals surface area contributed by atoms with Crippen molar-refractivity contribution in [3.63, 3.8) is 0 Å². The molecule has 0 amide bonds. The molecule has 3 heteroatoms. The van der Waals surface area contributed by atoms with E-state index < -0.39 is 11.2 Å². The highest BCUT2D eigenvalue weighted by Crippen LogP contribution is 2.73. The van der Waals surface area contributed by atoms with Crippen molar-refractivity contribution in [3.8, 4) is 5.75 Å². The van der Waals surface area contributed by atoms with Gasteiger partial charge in [-0.25, -0.2) is 0 Å². The molecule has 3 saturated carbocycles. The maximum Gasteiger partial charge on any atom is 0.115 e. The molecule has 0 spiro atoms. The number of benzene rings is 1. The highest BCUT2D eigenvalue weighted by molar-refractivity contribution is 5.40. The van der Waals surface area contributed by atoms with Crippen molar-refractivity contribution >= 4 is 0 Å². The van der Waals surface area contributed by atoms with Crippen LogP contribution in [0.5, 0.6) is 5.75 Å². The summed E-state index contributed by atoms with van der Waals surface area (Å²) in [6.07, 6.45) is 9.80. The van der Waals surface area contributed by atoms with Crippen LogP contribution in [0.25, 0.3) is 0 Å². The predicted octanol–water partition coefficient (Wildman–Crippen LogP) is 5.17. The lowest BCUT2D eigenvalue weighted by atomic mass is 9.48. The number of phenolic OH excluding ortho intramolecular Hbond substituents is 1. The second-order valence-electron chi connectivity index (χ2n) is 11.7. The van der Waals surface area contributed by atoms with E-state index in [1.165, 1.54) is 36.8 Å². The Bertz CT molecular complexity index is 796. The molecule has 0 aromatic heterocycles. The lowest BCUT2D eigenvalue weighted by Crippen LogP contribution is -2.62. The van der Waals surface area contributed by atoms with E-state index in [0.29, 0.717) is 35.3 Å². The Morgan fingerprint density at radius 2 is 1.97 bits per heavy atom. The van der Waals surface area contributed by atoms with Crippen LogP contribution >= 0.6 is 0 Å². The molecule has 3 N–H and O–H groups in total. The summed E-state index contributed by atoms with van der Waals surface area (Å²) in [6.45, 7) is 6.18. The van der Waals surface area contributed by atoms with E-state index in [4.69, 9.17) is 0 Å². The molecule has 3 nitrogen and oxygen atoms in total. The molecule has 0 heterocycles. The van der Waals surface area contributed by atoms with Crippen molar-refractivity contribution in [2.45, 2.75) is 95.7 Å². The molecular weight excluding hydrogens is 360 g/mol. The standard InChI is InChI=1S/C26H38O3/c1-24(2,28)11-4-5-17-14-18-15-23-22-8-6-16-13-19(27)7-9-20(16)21(22)10-12-25(23,3)26(17,18)29/h7,9,13,17-18,21-23,27-29H,4-6,8,10-12,14-15H2,1-3H3/t17-,18-,21-,22-,23+,25+,26+/m1/s1. The van der Waals surface area contributed by atoms with Gasteiger partial charge in [-0.2, -0.15) is 0 Å². The monoisotopic (exact) mass is 398 g/mol. The van der Waals surface area contributed by atoms with Gasteiger partial charge in [0.05, 0.1) is 11.2 Å². The van der Waals surface area contributed by atoms with E-state index in [0.717, 1.165) is 32.1 Å². The van der Waals surface area contributed by atoms with Crippen molar-refractivity contribution in [1.29, 1.82) is 0 Å². The SMILES string of the molecule is CC(C)(O)CCC[C@@H]1C[C@@H]2C[C@H]3[C@@H]4CCc5cc(O)ccc5[C@H]4CC[C@]3(C)[C@]12O. The number of aromatic hydroxyl groups is 1. The number of fused-ring (bicyclic) bond motifs is 7. The van der Waals surface area contributed by atoms with E-state index >= 15 is 0 Å². The Morgan fingerprint density at radius 3 is 2.72 bits per heavy atom. The van der Waals surface area contributed by atoms with Crippen LogP contribution in [-0.4, -0.2) is 26.5 Å². The van der Waals surface area contributed by atoms with E-state index in [1.807, 2.05) is 26.0 Å². The third-order valence-corrected chi connectivity index (χ3v) is 9.71. The van der Waals surface area contributed by atoms with E-state index in [9.17, 15) is 15.3 Å². The summed E-state index contributed by atoms with van der Waals surface area (Å²) in [5.74, 6) is 3.19. The molecule has 160 valence electrons. The lowest BCUT2D eigenvalue weighted by molar-refractivity contribution is -0.212. The molecular formula is C26H38O3. The summed E-state index contributed by atoms with van der Waals surface area (Å²) in [5.41, 5.74) is 1.77. The number of aliphatic hydroxyl groups is 2. The molecule has 1 aromatic carbocycles. The largest absolute Gasteiger partial charge is 0.508 e. The normalized spacial score (nSPS) is 43.0. The summed E-state index contributed by atoms with van der Waals surface area (Å²) < 4.78 is 0. The second kappa shape index (κ2) is 6.47. The molecule has 0 radical (unpaired) electrons. The number of rotatable bonds is 4. The molecule has 4 aliphatic carbocycles. The average molecular weight is 399 g/mol. The maximum absolute atomic E-state index is 12.0. The van der Waals surface area contributed by atoms with E-state index in [-0.39, 0.29) is 5.41 Å². The lowest BCUT2D eigenvalue weighted by Gasteiger charge is -2.60. The van der Waals surface area contributed by atoms with Gasteiger partial charge in [-0.3, -0.25) is 0 Å². The van der Waals surface area contributed by atoms with Crippen molar-refractivity contribution < 1.29 is 15.3 Å². The van der Waals surface area contributed by atoms with Crippen LogP contribution < -0.4 is 0 Å². The van der Waals surface area contributed by atoms with Crippen molar-refractivity contribution in [3.05, 3.63) is 29.3 Å². The van der Waals surface area contributed by atoms with Crippen molar-refractivity contribution in [2.75, 3.05) is 0 Å².